The molecule has 0 bridgehead atoms. The van der Waals surface area contributed by atoms with Gasteiger partial charge in [-0.15, -0.1) is 0 Å². The Bertz CT molecular complexity index is 1330. The van der Waals surface area contributed by atoms with Crippen LogP contribution in [0.2, 0.25) is 0 Å². The number of aryl methyl sites for hydroxylation is 2. The number of H-pyrrole nitrogens is 1. The first kappa shape index (κ1) is 23.7. The topological polar surface area (TPSA) is 108 Å². The third-order valence-corrected chi connectivity index (χ3v) is 6.67. The van der Waals surface area contributed by atoms with Crippen LogP contribution in [0.15, 0.2) is 67.1 Å². The zero-order chi connectivity index (χ0) is 25.0. The Balaban J connectivity index is 1.40. The van der Waals surface area contributed by atoms with E-state index in [1.54, 1.807) is 18.6 Å². The van der Waals surface area contributed by atoms with E-state index in [0.717, 1.165) is 43.6 Å². The van der Waals surface area contributed by atoms with Crippen LogP contribution in [-0.4, -0.2) is 32.6 Å². The molecule has 0 radical (unpaired) electrons. The summed E-state index contributed by atoms with van der Waals surface area (Å²) >= 11 is 0. The summed E-state index contributed by atoms with van der Waals surface area (Å²) in [6.45, 7) is 5.16. The van der Waals surface area contributed by atoms with Gasteiger partial charge in [-0.25, -0.2) is 4.98 Å². The van der Waals surface area contributed by atoms with Crippen LogP contribution in [0.25, 0.3) is 0 Å². The minimum atomic E-state index is -0.0952. The number of aromatic amines is 1. The van der Waals surface area contributed by atoms with Gasteiger partial charge in [-0.2, -0.15) is 5.10 Å². The maximum Gasteiger partial charge on any atom is 0.255 e. The number of amides is 1. The lowest BCUT2D eigenvalue weighted by Crippen LogP contribution is -2.31. The fourth-order valence-electron chi connectivity index (χ4n) is 4.80. The zero-order valence-corrected chi connectivity index (χ0v) is 20.6. The molecule has 8 nitrogen and oxygen atoms in total. The number of rotatable bonds is 10. The average Bonchev–Trinajstić information content (AvgIpc) is 3.54. The van der Waals surface area contributed by atoms with Crippen LogP contribution < -0.4 is 16.0 Å². The van der Waals surface area contributed by atoms with Crippen LogP contribution in [0.4, 0.5) is 17.3 Å². The Morgan fingerprint density at radius 3 is 2.61 bits per heavy atom. The van der Waals surface area contributed by atoms with Gasteiger partial charge in [0.2, 0.25) is 0 Å². The van der Waals surface area contributed by atoms with Crippen molar-refractivity contribution in [2.75, 3.05) is 17.2 Å². The predicted octanol–water partition coefficient (Wildman–Crippen LogP) is 4.89. The Labute approximate surface area is 211 Å². The molecule has 4 N–H and O–H groups in total. The summed E-state index contributed by atoms with van der Waals surface area (Å²) < 4.78 is 0. The minimum absolute atomic E-state index is 0.0905. The van der Waals surface area contributed by atoms with Gasteiger partial charge in [-0.05, 0) is 74.0 Å². The van der Waals surface area contributed by atoms with Crippen LogP contribution in [0.1, 0.15) is 52.5 Å². The quantitative estimate of drug-likeness (QED) is 0.257. The highest BCUT2D eigenvalue weighted by atomic mass is 16.1. The van der Waals surface area contributed by atoms with Crippen molar-refractivity contribution >= 4 is 23.2 Å². The molecule has 0 saturated heterocycles. The Kier molecular flexibility index (Phi) is 6.77. The van der Waals surface area contributed by atoms with E-state index in [-0.39, 0.29) is 11.4 Å². The van der Waals surface area contributed by atoms with Gasteiger partial charge in [0.05, 0.1) is 6.20 Å². The summed E-state index contributed by atoms with van der Waals surface area (Å²) in [7, 11) is 0. The molecule has 4 aromatic rings. The first-order valence-electron chi connectivity index (χ1n) is 12.4. The maximum atomic E-state index is 13.0. The van der Waals surface area contributed by atoms with E-state index in [2.05, 4.69) is 56.0 Å². The molecule has 2 heterocycles. The zero-order valence-electron chi connectivity index (χ0n) is 20.6. The van der Waals surface area contributed by atoms with E-state index in [4.69, 9.17) is 0 Å². The molecule has 1 amide bonds. The molecule has 0 unspecified atom stereocenters. The Hall–Kier alpha value is -4.04. The number of carbonyl (C=O) groups excluding carboxylic acids is 1. The molecule has 1 saturated carbocycles. The monoisotopic (exact) mass is 481 g/mol. The second-order valence-corrected chi connectivity index (χ2v) is 9.21. The number of aromatic nitrogens is 4. The minimum Gasteiger partial charge on any atom is -0.322 e. The molecule has 0 spiro atoms. The van der Waals surface area contributed by atoms with Crippen molar-refractivity contribution in [3.05, 3.63) is 95.1 Å². The third-order valence-electron chi connectivity index (χ3n) is 6.67. The fraction of sp³-hybridized carbons (Fsp3) is 0.286. The van der Waals surface area contributed by atoms with Crippen molar-refractivity contribution in [1.82, 2.24) is 25.5 Å². The number of carbonyl (C=O) groups is 1. The maximum absolute atomic E-state index is 13.0. The van der Waals surface area contributed by atoms with Crippen LogP contribution >= 0.6 is 0 Å². The summed E-state index contributed by atoms with van der Waals surface area (Å²) in [5.74, 6) is 1.27. The van der Waals surface area contributed by atoms with Gasteiger partial charge in [-0.1, -0.05) is 31.2 Å². The number of anilines is 3. The molecule has 0 aliphatic heterocycles. The lowest BCUT2D eigenvalue weighted by Gasteiger charge is -2.26. The van der Waals surface area contributed by atoms with Gasteiger partial charge in [-0.3, -0.25) is 14.9 Å². The highest BCUT2D eigenvalue weighted by Gasteiger charge is 2.46. The molecule has 2 aromatic heterocycles. The smallest absolute Gasteiger partial charge is 0.255 e. The largest absolute Gasteiger partial charge is 0.322 e. The SMILES string of the molecule is CCNC1(c2c(NC(=O)c3ccccc3)ccc(C)c2CCc2cc(Nc3cnccn3)n[nH]2)CC1. The lowest BCUT2D eigenvalue weighted by molar-refractivity contribution is 0.102. The summed E-state index contributed by atoms with van der Waals surface area (Å²) in [6.07, 6.45) is 8.68. The van der Waals surface area contributed by atoms with Gasteiger partial charge < -0.3 is 16.0 Å². The van der Waals surface area contributed by atoms with Crippen molar-refractivity contribution in [3.63, 3.8) is 0 Å². The van der Waals surface area contributed by atoms with Gasteiger partial charge in [0.1, 0.15) is 5.82 Å². The summed E-state index contributed by atoms with van der Waals surface area (Å²) in [5, 5.41) is 17.6. The average molecular weight is 482 g/mol. The fourth-order valence-corrected chi connectivity index (χ4v) is 4.80. The lowest BCUT2D eigenvalue weighted by atomic mass is 9.89. The van der Waals surface area contributed by atoms with E-state index in [9.17, 15) is 4.79 Å². The molecule has 36 heavy (non-hydrogen) atoms. The Morgan fingerprint density at radius 1 is 1.06 bits per heavy atom. The molecule has 5 rings (SSSR count). The molecular formula is C28H31N7O. The van der Waals surface area contributed by atoms with E-state index in [1.165, 1.54) is 16.7 Å². The normalized spacial score (nSPS) is 13.8. The second-order valence-electron chi connectivity index (χ2n) is 9.21. The standard InChI is InChI=1S/C28H31N7O/c1-3-31-28(13-14-28)26-22(11-10-21-17-24(35-34-21)33-25-18-29-15-16-30-25)19(2)9-12-23(26)32-27(36)20-7-5-4-6-8-20/h4-9,12,15-18,31H,3,10-11,13-14H2,1-2H3,(H,32,36)(H2,30,33,34,35). The summed E-state index contributed by atoms with van der Waals surface area (Å²) in [6, 6.07) is 15.5. The van der Waals surface area contributed by atoms with E-state index in [1.807, 2.05) is 42.5 Å². The van der Waals surface area contributed by atoms with Crippen LogP contribution in [-0.2, 0) is 18.4 Å². The number of nitrogens with one attached hydrogen (secondary N) is 4. The van der Waals surface area contributed by atoms with Gasteiger partial charge in [0, 0.05) is 40.9 Å². The molecular weight excluding hydrogens is 450 g/mol. The second kappa shape index (κ2) is 10.3. The third kappa shape index (κ3) is 5.13. The summed E-state index contributed by atoms with van der Waals surface area (Å²) in [5.41, 5.74) is 6.19. The highest BCUT2D eigenvalue weighted by molar-refractivity contribution is 6.04. The van der Waals surface area contributed by atoms with Crippen molar-refractivity contribution in [2.45, 2.75) is 45.1 Å². The van der Waals surface area contributed by atoms with Crippen molar-refractivity contribution in [3.8, 4) is 0 Å². The van der Waals surface area contributed by atoms with E-state index < -0.39 is 0 Å². The van der Waals surface area contributed by atoms with Crippen LogP contribution in [0, 0.1) is 6.92 Å². The molecule has 0 atom stereocenters. The molecule has 2 aromatic carbocycles. The first-order valence-corrected chi connectivity index (χ1v) is 12.4. The van der Waals surface area contributed by atoms with Crippen molar-refractivity contribution < 1.29 is 4.79 Å². The number of hydrogen-bond donors (Lipinski definition) is 4. The molecule has 184 valence electrons. The van der Waals surface area contributed by atoms with E-state index in [0.29, 0.717) is 17.2 Å². The van der Waals surface area contributed by atoms with Crippen LogP contribution in [0.3, 0.4) is 0 Å². The first-order chi connectivity index (χ1) is 17.6. The predicted molar refractivity (Wildman–Crippen MR) is 141 cm³/mol. The molecule has 1 aliphatic carbocycles. The molecule has 1 fully saturated rings. The van der Waals surface area contributed by atoms with Crippen molar-refractivity contribution in [1.29, 1.82) is 0 Å². The van der Waals surface area contributed by atoms with Crippen molar-refractivity contribution in [2.24, 2.45) is 0 Å². The number of nitrogens with zero attached hydrogens (tertiary/aromatic N) is 3. The van der Waals surface area contributed by atoms with Gasteiger partial charge >= 0.3 is 0 Å². The molecule has 1 aliphatic rings. The Morgan fingerprint density at radius 2 is 1.89 bits per heavy atom. The number of benzene rings is 2. The van der Waals surface area contributed by atoms with E-state index >= 15 is 0 Å². The number of hydrogen-bond acceptors (Lipinski definition) is 6. The highest BCUT2D eigenvalue weighted by Crippen LogP contribution is 2.50. The molecule has 8 heteroatoms. The van der Waals surface area contributed by atoms with Crippen LogP contribution in [0.5, 0.6) is 0 Å². The summed E-state index contributed by atoms with van der Waals surface area (Å²) in [4.78, 5) is 21.4. The van der Waals surface area contributed by atoms with Gasteiger partial charge in [0.25, 0.3) is 5.91 Å². The van der Waals surface area contributed by atoms with Gasteiger partial charge in [0.15, 0.2) is 5.82 Å².